The van der Waals surface area contributed by atoms with Gasteiger partial charge in [0.25, 0.3) is 0 Å². The highest BCUT2D eigenvalue weighted by molar-refractivity contribution is 7.90. The summed E-state index contributed by atoms with van der Waals surface area (Å²) < 4.78 is 28.4. The lowest BCUT2D eigenvalue weighted by Gasteiger charge is -2.26. The van der Waals surface area contributed by atoms with E-state index in [1.54, 1.807) is 12.1 Å². The van der Waals surface area contributed by atoms with E-state index in [0.717, 1.165) is 83.3 Å². The van der Waals surface area contributed by atoms with Crippen LogP contribution in [0.4, 0.5) is 0 Å². The molecule has 0 aliphatic carbocycles. The number of nitrogens with one attached hydrogen (secondary N) is 2. The average Bonchev–Trinajstić information content (AvgIpc) is 2.68. The third-order valence-electron chi connectivity index (χ3n) is 4.66. The fourth-order valence-electron chi connectivity index (χ4n) is 3.03. The Bertz CT molecular complexity index is 699. The number of hydrogen-bond donors (Lipinski definition) is 2. The van der Waals surface area contributed by atoms with Gasteiger partial charge >= 0.3 is 0 Å². The molecule has 1 aromatic carbocycles. The maximum Gasteiger partial charge on any atom is 0.191 e. The summed E-state index contributed by atoms with van der Waals surface area (Å²) in [7, 11) is -3.14. The fourth-order valence-corrected chi connectivity index (χ4v) is 3.66. The zero-order valence-corrected chi connectivity index (χ0v) is 17.9. The Hall–Kier alpha value is -1.64. The third-order valence-corrected chi connectivity index (χ3v) is 5.79. The molecule has 1 fully saturated rings. The Balaban J connectivity index is 1.68. The SMILES string of the molecule is CCNC(=NCCCCN1CCOCC1)NCCc1ccc(S(C)(=O)=O)cc1. The summed E-state index contributed by atoms with van der Waals surface area (Å²) in [6.07, 6.45) is 4.26. The average molecular weight is 411 g/mol. The second-order valence-electron chi connectivity index (χ2n) is 7.01. The monoisotopic (exact) mass is 410 g/mol. The van der Waals surface area contributed by atoms with Crippen molar-refractivity contribution in [2.75, 3.05) is 58.7 Å². The normalized spacial score (nSPS) is 16.1. The van der Waals surface area contributed by atoms with E-state index >= 15 is 0 Å². The topological polar surface area (TPSA) is 83.0 Å². The Morgan fingerprint density at radius 2 is 1.86 bits per heavy atom. The molecule has 0 saturated carbocycles. The van der Waals surface area contributed by atoms with Gasteiger partial charge in [0.05, 0.1) is 18.1 Å². The molecule has 0 amide bonds. The first-order valence-corrected chi connectivity index (χ1v) is 12.0. The van der Waals surface area contributed by atoms with E-state index in [9.17, 15) is 8.42 Å². The van der Waals surface area contributed by atoms with Gasteiger partial charge in [-0.05, 0) is 50.4 Å². The summed E-state index contributed by atoms with van der Waals surface area (Å²) in [6.45, 7) is 9.33. The second kappa shape index (κ2) is 12.0. The number of unbranched alkanes of at least 4 members (excludes halogenated alkanes) is 1. The van der Waals surface area contributed by atoms with Gasteiger partial charge in [-0.2, -0.15) is 0 Å². The maximum absolute atomic E-state index is 11.5. The van der Waals surface area contributed by atoms with Crippen molar-refractivity contribution < 1.29 is 13.2 Å². The van der Waals surface area contributed by atoms with Crippen LogP contribution in [0.5, 0.6) is 0 Å². The second-order valence-corrected chi connectivity index (χ2v) is 9.03. The molecule has 158 valence electrons. The van der Waals surface area contributed by atoms with Crippen LogP contribution in [-0.4, -0.2) is 78.0 Å². The van der Waals surface area contributed by atoms with Crippen molar-refractivity contribution in [3.63, 3.8) is 0 Å². The molecule has 8 heteroatoms. The molecule has 0 aromatic heterocycles. The number of aliphatic imine (C=N–C) groups is 1. The van der Waals surface area contributed by atoms with Crippen LogP contribution in [0.15, 0.2) is 34.2 Å². The first-order valence-electron chi connectivity index (χ1n) is 10.1. The van der Waals surface area contributed by atoms with Crippen LogP contribution in [0.2, 0.25) is 0 Å². The van der Waals surface area contributed by atoms with Crippen molar-refractivity contribution >= 4 is 15.8 Å². The van der Waals surface area contributed by atoms with Crippen molar-refractivity contribution in [1.82, 2.24) is 15.5 Å². The summed E-state index contributed by atoms with van der Waals surface area (Å²) in [5.74, 6) is 0.835. The number of nitrogens with zero attached hydrogens (tertiary/aromatic N) is 2. The molecule has 1 heterocycles. The van der Waals surface area contributed by atoms with Crippen LogP contribution in [0.1, 0.15) is 25.3 Å². The summed E-state index contributed by atoms with van der Waals surface area (Å²) in [4.78, 5) is 7.45. The number of hydrogen-bond acceptors (Lipinski definition) is 5. The lowest BCUT2D eigenvalue weighted by atomic mass is 10.1. The van der Waals surface area contributed by atoms with Crippen molar-refractivity contribution in [2.45, 2.75) is 31.1 Å². The minimum Gasteiger partial charge on any atom is -0.379 e. The maximum atomic E-state index is 11.5. The van der Waals surface area contributed by atoms with E-state index in [1.807, 2.05) is 12.1 Å². The molecule has 1 aromatic rings. The highest BCUT2D eigenvalue weighted by atomic mass is 32.2. The highest BCUT2D eigenvalue weighted by Crippen LogP contribution is 2.10. The molecule has 1 saturated heterocycles. The van der Waals surface area contributed by atoms with Crippen molar-refractivity contribution in [3.05, 3.63) is 29.8 Å². The molecule has 7 nitrogen and oxygen atoms in total. The lowest BCUT2D eigenvalue weighted by molar-refractivity contribution is 0.0373. The van der Waals surface area contributed by atoms with Gasteiger partial charge in [0.1, 0.15) is 0 Å². The molecule has 0 radical (unpaired) electrons. The Labute approximate surface area is 169 Å². The predicted octanol–water partition coefficient (Wildman–Crippen LogP) is 1.30. The summed E-state index contributed by atoms with van der Waals surface area (Å²) in [6, 6.07) is 7.07. The molecule has 0 bridgehead atoms. The van der Waals surface area contributed by atoms with Crippen molar-refractivity contribution in [3.8, 4) is 0 Å². The van der Waals surface area contributed by atoms with Gasteiger partial charge in [-0.25, -0.2) is 8.42 Å². The van der Waals surface area contributed by atoms with Crippen LogP contribution >= 0.6 is 0 Å². The van der Waals surface area contributed by atoms with Crippen molar-refractivity contribution in [1.29, 1.82) is 0 Å². The van der Waals surface area contributed by atoms with Gasteiger partial charge in [-0.3, -0.25) is 9.89 Å². The quantitative estimate of drug-likeness (QED) is 0.344. The first kappa shape index (κ1) is 22.6. The van der Waals surface area contributed by atoms with Gasteiger partial charge in [-0.15, -0.1) is 0 Å². The highest BCUT2D eigenvalue weighted by Gasteiger charge is 2.09. The molecule has 1 aliphatic rings. The summed E-state index contributed by atoms with van der Waals surface area (Å²) in [5.41, 5.74) is 1.10. The zero-order chi connectivity index (χ0) is 20.2. The molecule has 1 aliphatic heterocycles. The lowest BCUT2D eigenvalue weighted by Crippen LogP contribution is -2.38. The van der Waals surface area contributed by atoms with E-state index < -0.39 is 9.84 Å². The Kier molecular flexibility index (Phi) is 9.73. The number of ether oxygens (including phenoxy) is 1. The number of rotatable bonds is 10. The molecular weight excluding hydrogens is 376 g/mol. The molecule has 2 rings (SSSR count). The molecule has 28 heavy (non-hydrogen) atoms. The minimum absolute atomic E-state index is 0.358. The van der Waals surface area contributed by atoms with Gasteiger partial charge < -0.3 is 15.4 Å². The molecule has 0 atom stereocenters. The fraction of sp³-hybridized carbons (Fsp3) is 0.650. The molecule has 0 unspecified atom stereocenters. The van der Waals surface area contributed by atoms with Gasteiger partial charge in [0, 0.05) is 39.0 Å². The van der Waals surface area contributed by atoms with E-state index in [-0.39, 0.29) is 0 Å². The third kappa shape index (κ3) is 8.58. The number of benzene rings is 1. The van der Waals surface area contributed by atoms with Crippen molar-refractivity contribution in [2.24, 2.45) is 4.99 Å². The Morgan fingerprint density at radius 1 is 1.14 bits per heavy atom. The van der Waals surface area contributed by atoms with Crippen LogP contribution in [-0.2, 0) is 21.0 Å². The van der Waals surface area contributed by atoms with E-state index in [2.05, 4.69) is 27.4 Å². The van der Waals surface area contributed by atoms with E-state index in [1.165, 1.54) is 6.26 Å². The molecule has 0 spiro atoms. The molecule has 2 N–H and O–H groups in total. The molecular formula is C20H34N4O3S. The number of morpholine rings is 1. The van der Waals surface area contributed by atoms with Crippen LogP contribution < -0.4 is 10.6 Å². The van der Waals surface area contributed by atoms with Crippen LogP contribution in [0.3, 0.4) is 0 Å². The van der Waals surface area contributed by atoms with Gasteiger partial charge in [-0.1, -0.05) is 12.1 Å². The van der Waals surface area contributed by atoms with Crippen LogP contribution in [0.25, 0.3) is 0 Å². The first-order chi connectivity index (χ1) is 13.5. The number of sulfone groups is 1. The number of guanidine groups is 1. The smallest absolute Gasteiger partial charge is 0.191 e. The Morgan fingerprint density at radius 3 is 2.50 bits per heavy atom. The predicted molar refractivity (Wildman–Crippen MR) is 114 cm³/mol. The summed E-state index contributed by atoms with van der Waals surface area (Å²) in [5, 5.41) is 6.62. The zero-order valence-electron chi connectivity index (χ0n) is 17.1. The summed E-state index contributed by atoms with van der Waals surface area (Å²) >= 11 is 0. The largest absolute Gasteiger partial charge is 0.379 e. The van der Waals surface area contributed by atoms with Crippen LogP contribution in [0, 0.1) is 0 Å². The minimum atomic E-state index is -3.14. The van der Waals surface area contributed by atoms with E-state index in [4.69, 9.17) is 4.74 Å². The standard InChI is InChI=1S/C20H34N4O3S/c1-3-21-20(22-11-4-5-13-24-14-16-27-17-15-24)23-12-10-18-6-8-19(9-7-18)28(2,25)26/h6-9H,3-5,10-17H2,1-2H3,(H2,21,22,23). The van der Waals surface area contributed by atoms with Gasteiger partial charge in [0.2, 0.25) is 0 Å². The van der Waals surface area contributed by atoms with Gasteiger partial charge in [0.15, 0.2) is 15.8 Å². The van der Waals surface area contributed by atoms with E-state index in [0.29, 0.717) is 4.90 Å².